The fourth-order valence-corrected chi connectivity index (χ4v) is 2.33. The van der Waals surface area contributed by atoms with E-state index in [2.05, 4.69) is 34.1 Å². The molecule has 2 heterocycles. The molecule has 0 bridgehead atoms. The number of fused-ring (bicyclic) bond motifs is 1. The van der Waals surface area contributed by atoms with Crippen LogP contribution in [0.15, 0.2) is 42.6 Å². The van der Waals surface area contributed by atoms with Crippen molar-refractivity contribution in [3.05, 3.63) is 59.4 Å². The number of nitrogens with two attached hydrogens (primary N) is 1. The van der Waals surface area contributed by atoms with Gasteiger partial charge in [-0.1, -0.05) is 24.3 Å². The monoisotopic (exact) mass is 225 g/mol. The number of benzene rings is 1. The average Bonchev–Trinajstić information content (AvgIpc) is 2.71. The van der Waals surface area contributed by atoms with E-state index in [9.17, 15) is 0 Å². The zero-order chi connectivity index (χ0) is 11.7. The van der Waals surface area contributed by atoms with Crippen LogP contribution in [-0.4, -0.2) is 9.88 Å². The first-order valence-electron chi connectivity index (χ1n) is 5.81. The zero-order valence-corrected chi connectivity index (χ0v) is 9.63. The van der Waals surface area contributed by atoms with Crippen molar-refractivity contribution in [3.8, 4) is 0 Å². The summed E-state index contributed by atoms with van der Waals surface area (Å²) in [4.78, 5) is 6.73. The van der Waals surface area contributed by atoms with Crippen LogP contribution in [0.25, 0.3) is 0 Å². The van der Waals surface area contributed by atoms with Crippen molar-refractivity contribution >= 4 is 5.69 Å². The molecule has 1 aromatic carbocycles. The molecule has 1 aromatic heterocycles. The van der Waals surface area contributed by atoms with Crippen LogP contribution in [0.1, 0.15) is 16.8 Å². The molecule has 1 aliphatic heterocycles. The van der Waals surface area contributed by atoms with Crippen molar-refractivity contribution in [2.45, 2.75) is 19.6 Å². The van der Waals surface area contributed by atoms with E-state index < -0.39 is 0 Å². The Morgan fingerprint density at radius 3 is 2.47 bits per heavy atom. The lowest BCUT2D eigenvalue weighted by Gasteiger charge is -2.14. The molecule has 17 heavy (non-hydrogen) atoms. The topological polar surface area (TPSA) is 42.1 Å². The third kappa shape index (κ3) is 2.15. The molecule has 0 aliphatic carbocycles. The van der Waals surface area contributed by atoms with Crippen molar-refractivity contribution in [2.75, 3.05) is 5.73 Å². The van der Waals surface area contributed by atoms with Gasteiger partial charge in [0.25, 0.3) is 0 Å². The Balaban J connectivity index is 1.74. The molecule has 3 nitrogen and oxygen atoms in total. The van der Waals surface area contributed by atoms with E-state index in [4.69, 9.17) is 5.73 Å². The lowest BCUT2D eigenvalue weighted by Crippen LogP contribution is -2.16. The van der Waals surface area contributed by atoms with Crippen molar-refractivity contribution < 1.29 is 0 Å². The van der Waals surface area contributed by atoms with Crippen LogP contribution in [-0.2, 0) is 19.6 Å². The van der Waals surface area contributed by atoms with Gasteiger partial charge in [-0.25, -0.2) is 0 Å². The van der Waals surface area contributed by atoms with E-state index in [1.807, 2.05) is 12.1 Å². The number of anilines is 1. The highest BCUT2D eigenvalue weighted by Crippen LogP contribution is 2.23. The molecule has 0 saturated heterocycles. The fraction of sp³-hybridized carbons (Fsp3) is 0.214. The highest BCUT2D eigenvalue weighted by molar-refractivity contribution is 5.37. The third-order valence-electron chi connectivity index (χ3n) is 3.13. The molecule has 0 unspecified atom stereocenters. The summed E-state index contributed by atoms with van der Waals surface area (Å²) in [6.45, 7) is 2.87. The summed E-state index contributed by atoms with van der Waals surface area (Å²) in [5.41, 5.74) is 10.4. The van der Waals surface area contributed by atoms with Crippen molar-refractivity contribution in [3.63, 3.8) is 0 Å². The maximum atomic E-state index is 5.76. The second-order valence-corrected chi connectivity index (χ2v) is 4.49. The zero-order valence-electron chi connectivity index (χ0n) is 9.63. The van der Waals surface area contributed by atoms with Crippen LogP contribution in [0, 0.1) is 0 Å². The largest absolute Gasteiger partial charge is 0.399 e. The van der Waals surface area contributed by atoms with Crippen LogP contribution in [0.4, 0.5) is 5.69 Å². The third-order valence-corrected chi connectivity index (χ3v) is 3.13. The maximum Gasteiger partial charge on any atom is 0.0564 e. The Morgan fingerprint density at radius 2 is 1.82 bits per heavy atom. The van der Waals surface area contributed by atoms with Crippen LogP contribution >= 0.6 is 0 Å². The summed E-state index contributed by atoms with van der Waals surface area (Å²) in [6, 6.07) is 12.4. The lowest BCUT2D eigenvalue weighted by atomic mass is 10.1. The molecule has 86 valence electrons. The smallest absolute Gasteiger partial charge is 0.0564 e. The van der Waals surface area contributed by atoms with Gasteiger partial charge in [0, 0.05) is 31.5 Å². The standard InChI is InChI=1S/C14H15N3/c15-13-5-6-16-14(7-13)10-17-8-11-3-1-2-4-12(11)9-17/h1-7H,8-10H2,(H2,15,16). The second-order valence-electron chi connectivity index (χ2n) is 4.49. The number of pyridine rings is 1. The number of nitrogens with zero attached hydrogens (tertiary/aromatic N) is 2. The molecule has 1 aliphatic rings. The molecule has 3 rings (SSSR count). The predicted molar refractivity (Wildman–Crippen MR) is 68.0 cm³/mol. The van der Waals surface area contributed by atoms with Crippen molar-refractivity contribution in [1.82, 2.24) is 9.88 Å². The summed E-state index contributed by atoms with van der Waals surface area (Å²) in [6.07, 6.45) is 1.77. The van der Waals surface area contributed by atoms with Gasteiger partial charge < -0.3 is 5.73 Å². The molecule has 2 aromatic rings. The summed E-state index contributed by atoms with van der Waals surface area (Å²) in [5.74, 6) is 0. The van der Waals surface area contributed by atoms with Gasteiger partial charge in [-0.05, 0) is 23.3 Å². The molecule has 0 radical (unpaired) electrons. The van der Waals surface area contributed by atoms with Crippen LogP contribution in [0.5, 0.6) is 0 Å². The van der Waals surface area contributed by atoms with Crippen LogP contribution in [0.2, 0.25) is 0 Å². The Morgan fingerprint density at radius 1 is 1.12 bits per heavy atom. The first kappa shape index (κ1) is 10.3. The minimum Gasteiger partial charge on any atom is -0.399 e. The van der Waals surface area contributed by atoms with E-state index in [0.717, 1.165) is 31.0 Å². The number of aromatic nitrogens is 1. The highest BCUT2D eigenvalue weighted by atomic mass is 15.1. The Bertz CT molecular complexity index is 511. The minimum atomic E-state index is 0.784. The average molecular weight is 225 g/mol. The van der Waals surface area contributed by atoms with Gasteiger partial charge in [-0.2, -0.15) is 0 Å². The van der Waals surface area contributed by atoms with Crippen molar-refractivity contribution in [1.29, 1.82) is 0 Å². The van der Waals surface area contributed by atoms with Gasteiger partial charge in [0.2, 0.25) is 0 Å². The SMILES string of the molecule is Nc1ccnc(CN2Cc3ccccc3C2)c1. The molecule has 0 atom stereocenters. The van der Waals surface area contributed by atoms with Gasteiger partial charge in [0.15, 0.2) is 0 Å². The van der Waals surface area contributed by atoms with Crippen molar-refractivity contribution in [2.24, 2.45) is 0 Å². The number of nitrogen functional groups attached to an aromatic ring is 1. The molecule has 2 N–H and O–H groups in total. The number of rotatable bonds is 2. The predicted octanol–water partition coefficient (Wildman–Crippen LogP) is 2.18. The van der Waals surface area contributed by atoms with Crippen LogP contribution < -0.4 is 5.73 Å². The summed E-state index contributed by atoms with van der Waals surface area (Å²) in [5, 5.41) is 0. The molecular formula is C14H15N3. The Hall–Kier alpha value is -1.87. The quantitative estimate of drug-likeness (QED) is 0.851. The van der Waals surface area contributed by atoms with Gasteiger partial charge in [0.1, 0.15) is 0 Å². The minimum absolute atomic E-state index is 0.784. The lowest BCUT2D eigenvalue weighted by molar-refractivity contribution is 0.272. The first-order valence-corrected chi connectivity index (χ1v) is 5.81. The Kier molecular flexibility index (Phi) is 2.53. The molecule has 0 amide bonds. The van der Waals surface area contributed by atoms with E-state index in [0.29, 0.717) is 0 Å². The summed E-state index contributed by atoms with van der Waals surface area (Å²) >= 11 is 0. The van der Waals surface area contributed by atoms with Crippen LogP contribution in [0.3, 0.4) is 0 Å². The molecule has 0 fully saturated rings. The second kappa shape index (κ2) is 4.18. The molecule has 3 heteroatoms. The fourth-order valence-electron chi connectivity index (χ4n) is 2.33. The van der Waals surface area contributed by atoms with Gasteiger partial charge >= 0.3 is 0 Å². The number of hydrogen-bond acceptors (Lipinski definition) is 3. The molecule has 0 saturated carbocycles. The van der Waals surface area contributed by atoms with Gasteiger partial charge in [-0.15, -0.1) is 0 Å². The first-order chi connectivity index (χ1) is 8.31. The Labute approximate surface area is 101 Å². The molecular weight excluding hydrogens is 210 g/mol. The van der Waals surface area contributed by atoms with Gasteiger partial charge in [0.05, 0.1) is 5.69 Å². The van der Waals surface area contributed by atoms with E-state index in [1.165, 1.54) is 11.1 Å². The van der Waals surface area contributed by atoms with E-state index in [1.54, 1.807) is 6.20 Å². The highest BCUT2D eigenvalue weighted by Gasteiger charge is 2.18. The maximum absolute atomic E-state index is 5.76. The number of hydrogen-bond donors (Lipinski definition) is 1. The van der Waals surface area contributed by atoms with E-state index in [-0.39, 0.29) is 0 Å². The molecule has 0 spiro atoms. The van der Waals surface area contributed by atoms with E-state index >= 15 is 0 Å². The summed E-state index contributed by atoms with van der Waals surface area (Å²) < 4.78 is 0. The normalized spacial score (nSPS) is 14.8. The summed E-state index contributed by atoms with van der Waals surface area (Å²) in [7, 11) is 0. The van der Waals surface area contributed by atoms with Gasteiger partial charge in [-0.3, -0.25) is 9.88 Å².